The molecule has 1 nitrogen and oxygen atoms in total. The minimum Gasteiger partial charge on any atom is -0.288 e. The van der Waals surface area contributed by atoms with Crippen molar-refractivity contribution in [3.8, 4) is 0 Å². The number of carbonyl (C=O) groups is 1. The van der Waals surface area contributed by atoms with Crippen LogP contribution in [0.5, 0.6) is 0 Å². The van der Waals surface area contributed by atoms with Gasteiger partial charge in [-0.2, -0.15) is 0 Å². The summed E-state index contributed by atoms with van der Waals surface area (Å²) < 4.78 is 25.6. The number of hydrogen-bond acceptors (Lipinski definition) is 2. The van der Waals surface area contributed by atoms with Crippen molar-refractivity contribution >= 4 is 28.7 Å². The Labute approximate surface area is 99.3 Å². The molecule has 2 rings (SSSR count). The van der Waals surface area contributed by atoms with Gasteiger partial charge >= 0.3 is 0 Å². The van der Waals surface area contributed by atoms with Gasteiger partial charge in [0.1, 0.15) is 0 Å². The second-order valence-electron chi connectivity index (χ2n) is 3.06. The molecule has 0 amide bonds. The zero-order valence-corrected chi connectivity index (χ0v) is 9.41. The summed E-state index contributed by atoms with van der Waals surface area (Å²) in [4.78, 5) is 12.2. The zero-order valence-electron chi connectivity index (χ0n) is 7.84. The Hall–Kier alpha value is -1.26. The molecule has 0 bridgehead atoms. The Morgan fingerprint density at radius 1 is 1.19 bits per heavy atom. The van der Waals surface area contributed by atoms with E-state index in [2.05, 4.69) is 0 Å². The Morgan fingerprint density at radius 2 is 1.94 bits per heavy atom. The van der Waals surface area contributed by atoms with Crippen LogP contribution in [0.4, 0.5) is 8.78 Å². The van der Waals surface area contributed by atoms with Crippen molar-refractivity contribution in [2.45, 2.75) is 0 Å². The van der Waals surface area contributed by atoms with E-state index in [9.17, 15) is 13.6 Å². The van der Waals surface area contributed by atoms with Gasteiger partial charge < -0.3 is 0 Å². The molecule has 5 heteroatoms. The maximum atomic E-state index is 12.9. The van der Waals surface area contributed by atoms with Crippen LogP contribution in [0, 0.1) is 11.6 Å². The van der Waals surface area contributed by atoms with E-state index in [0.717, 1.165) is 23.5 Å². The number of ketones is 1. The third-order valence-corrected chi connectivity index (χ3v) is 3.35. The van der Waals surface area contributed by atoms with E-state index >= 15 is 0 Å². The smallest absolute Gasteiger partial charge is 0.204 e. The monoisotopic (exact) mass is 258 g/mol. The highest BCUT2D eigenvalue weighted by Crippen LogP contribution is 2.25. The summed E-state index contributed by atoms with van der Waals surface area (Å²) in [6.07, 6.45) is 0. The van der Waals surface area contributed by atoms with Crippen LogP contribution in [0.3, 0.4) is 0 Å². The quantitative estimate of drug-likeness (QED) is 0.747. The molecule has 0 aliphatic rings. The second-order valence-corrected chi connectivity index (χ2v) is 4.38. The van der Waals surface area contributed by atoms with E-state index in [1.165, 1.54) is 6.07 Å². The molecule has 0 unspecified atom stereocenters. The predicted molar refractivity (Wildman–Crippen MR) is 59.1 cm³/mol. The van der Waals surface area contributed by atoms with Crippen LogP contribution in [0.2, 0.25) is 5.02 Å². The Bertz CT molecular complexity index is 551. The maximum absolute atomic E-state index is 12.9. The fourth-order valence-corrected chi connectivity index (χ4v) is 2.33. The second kappa shape index (κ2) is 4.31. The zero-order chi connectivity index (χ0) is 11.7. The van der Waals surface area contributed by atoms with Gasteiger partial charge in [0.05, 0.1) is 9.90 Å². The number of halogens is 3. The number of rotatable bonds is 2. The Balaban J connectivity index is 2.42. The van der Waals surface area contributed by atoms with E-state index < -0.39 is 17.4 Å². The van der Waals surface area contributed by atoms with Gasteiger partial charge in [-0.15, -0.1) is 11.3 Å². The SMILES string of the molecule is O=C(c1ccc(F)c(F)c1)c1sccc1Cl. The van der Waals surface area contributed by atoms with Crippen LogP contribution < -0.4 is 0 Å². The Morgan fingerprint density at radius 3 is 2.50 bits per heavy atom. The van der Waals surface area contributed by atoms with Crippen molar-refractivity contribution in [3.05, 3.63) is 56.7 Å². The molecule has 0 saturated heterocycles. The molecule has 1 aromatic heterocycles. The lowest BCUT2D eigenvalue weighted by atomic mass is 10.1. The summed E-state index contributed by atoms with van der Waals surface area (Å²) in [7, 11) is 0. The number of carbonyl (C=O) groups excluding carboxylic acids is 1. The van der Waals surface area contributed by atoms with E-state index in [1.54, 1.807) is 11.4 Å². The average molecular weight is 259 g/mol. The molecule has 0 aliphatic heterocycles. The van der Waals surface area contributed by atoms with Crippen molar-refractivity contribution < 1.29 is 13.6 Å². The summed E-state index contributed by atoms with van der Waals surface area (Å²) in [5, 5.41) is 1.98. The molecule has 0 spiro atoms. The van der Waals surface area contributed by atoms with Gasteiger partial charge in [-0.1, -0.05) is 11.6 Å². The molecular formula is C11H5ClF2OS. The fourth-order valence-electron chi connectivity index (χ4n) is 1.22. The standard InChI is InChI=1S/C11H5ClF2OS/c12-7-3-4-16-11(7)10(15)6-1-2-8(13)9(14)5-6/h1-5H. The van der Waals surface area contributed by atoms with Gasteiger partial charge in [-0.25, -0.2) is 8.78 Å². The topological polar surface area (TPSA) is 17.1 Å². The van der Waals surface area contributed by atoms with E-state index in [-0.39, 0.29) is 5.56 Å². The molecule has 0 N–H and O–H groups in total. The van der Waals surface area contributed by atoms with Gasteiger partial charge in [0.25, 0.3) is 0 Å². The van der Waals surface area contributed by atoms with Crippen molar-refractivity contribution in [2.75, 3.05) is 0 Å². The highest BCUT2D eigenvalue weighted by Gasteiger charge is 2.15. The molecule has 0 fully saturated rings. The van der Waals surface area contributed by atoms with Gasteiger partial charge in [0.2, 0.25) is 5.78 Å². The average Bonchev–Trinajstić information content (AvgIpc) is 2.67. The van der Waals surface area contributed by atoms with Crippen LogP contribution in [0.1, 0.15) is 15.2 Å². The maximum Gasteiger partial charge on any atom is 0.204 e. The highest BCUT2D eigenvalue weighted by atomic mass is 35.5. The number of hydrogen-bond donors (Lipinski definition) is 0. The molecule has 1 aromatic carbocycles. The lowest BCUT2D eigenvalue weighted by Gasteiger charge is -2.00. The van der Waals surface area contributed by atoms with Crippen LogP contribution in [-0.4, -0.2) is 5.78 Å². The third kappa shape index (κ3) is 1.99. The summed E-state index contributed by atoms with van der Waals surface area (Å²) >= 11 is 6.94. The van der Waals surface area contributed by atoms with Gasteiger partial charge in [0.15, 0.2) is 11.6 Å². The third-order valence-electron chi connectivity index (χ3n) is 2.01. The minimum absolute atomic E-state index is 0.0863. The van der Waals surface area contributed by atoms with Crippen LogP contribution in [0.25, 0.3) is 0 Å². The highest BCUT2D eigenvalue weighted by molar-refractivity contribution is 7.13. The molecule has 0 aliphatic carbocycles. The molecule has 0 saturated carbocycles. The van der Waals surface area contributed by atoms with Crippen molar-refractivity contribution in [3.63, 3.8) is 0 Å². The van der Waals surface area contributed by atoms with Crippen LogP contribution in [0.15, 0.2) is 29.6 Å². The first-order valence-corrected chi connectivity index (χ1v) is 5.58. The normalized spacial score (nSPS) is 10.4. The number of benzene rings is 1. The van der Waals surface area contributed by atoms with Gasteiger partial charge in [0, 0.05) is 5.56 Å². The lowest BCUT2D eigenvalue weighted by molar-refractivity contribution is 0.104. The minimum atomic E-state index is -1.04. The molecular weight excluding hydrogens is 254 g/mol. The molecule has 1 heterocycles. The summed E-state index contributed by atoms with van der Waals surface area (Å²) in [6.45, 7) is 0. The first-order chi connectivity index (χ1) is 7.59. The predicted octanol–water partition coefficient (Wildman–Crippen LogP) is 3.91. The summed E-state index contributed by atoms with van der Waals surface area (Å²) in [5.74, 6) is -2.42. The van der Waals surface area contributed by atoms with Gasteiger partial charge in [-0.05, 0) is 29.6 Å². The largest absolute Gasteiger partial charge is 0.288 e. The van der Waals surface area contributed by atoms with Crippen molar-refractivity contribution in [2.24, 2.45) is 0 Å². The molecule has 16 heavy (non-hydrogen) atoms. The molecule has 0 radical (unpaired) electrons. The molecule has 0 atom stereocenters. The van der Waals surface area contributed by atoms with Gasteiger partial charge in [-0.3, -0.25) is 4.79 Å². The van der Waals surface area contributed by atoms with E-state index in [0.29, 0.717) is 9.90 Å². The van der Waals surface area contributed by atoms with E-state index in [4.69, 9.17) is 11.6 Å². The Kier molecular flexibility index (Phi) is 3.03. The summed E-state index contributed by atoms with van der Waals surface area (Å²) in [5.41, 5.74) is 0.0863. The first kappa shape index (κ1) is 11.2. The summed E-state index contributed by atoms with van der Waals surface area (Å²) in [6, 6.07) is 4.61. The van der Waals surface area contributed by atoms with Crippen molar-refractivity contribution in [1.29, 1.82) is 0 Å². The van der Waals surface area contributed by atoms with Crippen LogP contribution in [-0.2, 0) is 0 Å². The van der Waals surface area contributed by atoms with Crippen LogP contribution >= 0.6 is 22.9 Å². The van der Waals surface area contributed by atoms with Crippen molar-refractivity contribution in [1.82, 2.24) is 0 Å². The number of thiophene rings is 1. The first-order valence-electron chi connectivity index (χ1n) is 4.32. The fraction of sp³-hybridized carbons (Fsp3) is 0. The van der Waals surface area contributed by atoms with E-state index in [1.807, 2.05) is 0 Å². The molecule has 2 aromatic rings. The lowest BCUT2D eigenvalue weighted by Crippen LogP contribution is -2.00. The molecule has 82 valence electrons.